The van der Waals surface area contributed by atoms with E-state index in [1.54, 1.807) is 54.6 Å². The number of halogens is 1. The van der Waals surface area contributed by atoms with E-state index in [4.69, 9.17) is 20.9 Å². The van der Waals surface area contributed by atoms with Gasteiger partial charge in [0.15, 0.2) is 0 Å². The quantitative estimate of drug-likeness (QED) is 0.403. The van der Waals surface area contributed by atoms with E-state index < -0.39 is 23.3 Å². The Kier molecular flexibility index (Phi) is 6.97. The van der Waals surface area contributed by atoms with Crippen molar-refractivity contribution >= 4 is 23.2 Å². The molecule has 1 atom stereocenters. The number of benzene rings is 2. The number of carbonyl (C=O) groups is 1. The Morgan fingerprint density at radius 3 is 2.51 bits per heavy atom. The Hall–Kier alpha value is -4.38. The van der Waals surface area contributed by atoms with E-state index in [0.29, 0.717) is 22.3 Å². The summed E-state index contributed by atoms with van der Waals surface area (Å²) < 4.78 is 12.4. The number of H-pyrrole nitrogens is 1. The van der Waals surface area contributed by atoms with Crippen molar-refractivity contribution in [1.82, 2.24) is 24.6 Å². The second kappa shape index (κ2) is 10.3. The molecule has 180 valence electrons. The number of hydrogen-bond donors (Lipinski definition) is 2. The van der Waals surface area contributed by atoms with Crippen molar-refractivity contribution in [1.29, 1.82) is 0 Å². The smallest absolute Gasteiger partial charge is 0.336 e. The first-order valence-corrected chi connectivity index (χ1v) is 10.9. The zero-order chi connectivity index (χ0) is 24.9. The van der Waals surface area contributed by atoms with Crippen molar-refractivity contribution in [2.24, 2.45) is 4.99 Å². The van der Waals surface area contributed by atoms with Crippen molar-refractivity contribution in [3.63, 3.8) is 0 Å². The standard InChI is InChI=1S/C23H21ClN6O5/c1-14(20(31)25-2)30-22(32)27-21(29(23(30)33)13-15-3-5-16(24)6-4-15)26-17-7-9-18(10-8-17)35-19-11-12-34-28-19/h3-12,14H,13H2,1-2H3,(H,25,31)(H,26,27,32)/t14-/m0/s1. The fourth-order valence-corrected chi connectivity index (χ4v) is 3.41. The first-order valence-electron chi connectivity index (χ1n) is 10.5. The molecule has 0 saturated carbocycles. The summed E-state index contributed by atoms with van der Waals surface area (Å²) in [6.45, 7) is 1.55. The first kappa shape index (κ1) is 23.8. The summed E-state index contributed by atoms with van der Waals surface area (Å²) >= 11 is 5.98. The lowest BCUT2D eigenvalue weighted by molar-refractivity contribution is -0.123. The maximum absolute atomic E-state index is 13.4. The molecule has 2 aromatic carbocycles. The Labute approximate surface area is 203 Å². The number of aromatic nitrogens is 4. The van der Waals surface area contributed by atoms with Crippen molar-refractivity contribution in [2.75, 3.05) is 7.05 Å². The van der Waals surface area contributed by atoms with Crippen LogP contribution in [0.5, 0.6) is 11.6 Å². The maximum atomic E-state index is 13.4. The van der Waals surface area contributed by atoms with Crippen LogP contribution in [0, 0.1) is 0 Å². The Morgan fingerprint density at radius 1 is 1.17 bits per heavy atom. The fourth-order valence-electron chi connectivity index (χ4n) is 3.29. The van der Waals surface area contributed by atoms with Gasteiger partial charge in [0.2, 0.25) is 11.5 Å². The molecule has 2 aromatic heterocycles. The normalized spacial score (nSPS) is 12.4. The Morgan fingerprint density at radius 2 is 1.89 bits per heavy atom. The molecule has 0 radical (unpaired) electrons. The third-order valence-corrected chi connectivity index (χ3v) is 5.36. The minimum atomic E-state index is -1.03. The van der Waals surface area contributed by atoms with Crippen LogP contribution in [0.15, 0.2) is 80.0 Å². The van der Waals surface area contributed by atoms with Crippen molar-refractivity contribution in [3.05, 3.63) is 98.0 Å². The number of nitrogens with one attached hydrogen (secondary N) is 2. The number of nitrogens with zero attached hydrogens (tertiary/aromatic N) is 4. The summed E-state index contributed by atoms with van der Waals surface area (Å²) in [5.41, 5.74) is -0.238. The van der Waals surface area contributed by atoms with Crippen LogP contribution in [0.4, 0.5) is 5.69 Å². The molecular formula is C23H21ClN6O5. The minimum absolute atomic E-state index is 0.0143. The van der Waals surface area contributed by atoms with Crippen LogP contribution in [0.3, 0.4) is 0 Å². The molecule has 2 heterocycles. The number of hydrogen-bond acceptors (Lipinski definition) is 7. The van der Waals surface area contributed by atoms with E-state index in [2.05, 4.69) is 20.4 Å². The highest BCUT2D eigenvalue weighted by Gasteiger charge is 2.20. The topological polar surface area (TPSA) is 137 Å². The van der Waals surface area contributed by atoms with Gasteiger partial charge in [-0.3, -0.25) is 14.3 Å². The zero-order valence-corrected chi connectivity index (χ0v) is 19.5. The molecule has 0 bridgehead atoms. The first-order chi connectivity index (χ1) is 16.9. The van der Waals surface area contributed by atoms with Crippen LogP contribution < -0.4 is 27.1 Å². The molecule has 2 N–H and O–H groups in total. The van der Waals surface area contributed by atoms with Crippen LogP contribution in [-0.4, -0.2) is 32.2 Å². The molecule has 0 aliphatic rings. The van der Waals surface area contributed by atoms with Gasteiger partial charge in [0, 0.05) is 18.1 Å². The van der Waals surface area contributed by atoms with Crippen molar-refractivity contribution in [3.8, 4) is 11.6 Å². The van der Waals surface area contributed by atoms with Gasteiger partial charge < -0.3 is 14.6 Å². The second-order valence-electron chi connectivity index (χ2n) is 7.45. The van der Waals surface area contributed by atoms with E-state index in [9.17, 15) is 14.4 Å². The summed E-state index contributed by atoms with van der Waals surface area (Å²) in [5, 5.41) is 6.67. The van der Waals surface area contributed by atoms with E-state index in [1.165, 1.54) is 24.8 Å². The number of aromatic amines is 1. The number of carbonyl (C=O) groups excluding carboxylic acids is 1. The summed E-state index contributed by atoms with van der Waals surface area (Å²) in [7, 11) is 1.43. The van der Waals surface area contributed by atoms with Gasteiger partial charge in [-0.15, -0.1) is 0 Å². The van der Waals surface area contributed by atoms with Gasteiger partial charge in [0.1, 0.15) is 18.1 Å². The summed E-state index contributed by atoms with van der Waals surface area (Å²) in [4.78, 5) is 45.4. The molecule has 12 heteroatoms. The van der Waals surface area contributed by atoms with Gasteiger partial charge in [-0.2, -0.15) is 0 Å². The molecule has 0 saturated heterocycles. The zero-order valence-electron chi connectivity index (χ0n) is 18.8. The lowest BCUT2D eigenvalue weighted by Gasteiger charge is -2.15. The van der Waals surface area contributed by atoms with Gasteiger partial charge in [-0.1, -0.05) is 23.7 Å². The predicted molar refractivity (Wildman–Crippen MR) is 127 cm³/mol. The maximum Gasteiger partial charge on any atom is 0.336 e. The minimum Gasteiger partial charge on any atom is -0.436 e. The van der Waals surface area contributed by atoms with Gasteiger partial charge >= 0.3 is 11.4 Å². The third kappa shape index (κ3) is 5.41. The van der Waals surface area contributed by atoms with Crippen molar-refractivity contribution < 1.29 is 14.1 Å². The largest absolute Gasteiger partial charge is 0.436 e. The molecule has 4 aromatic rings. The van der Waals surface area contributed by atoms with Gasteiger partial charge in [-0.05, 0) is 54.0 Å². The SMILES string of the molecule is CNC(=O)[C@H](C)n1c(=O)[nH]/c(=N\c2ccc(Oc3ccon3)cc2)n(Cc2ccc(Cl)cc2)c1=O. The lowest BCUT2D eigenvalue weighted by atomic mass is 10.2. The number of amides is 1. The molecule has 4 rings (SSSR count). The number of likely N-dealkylation sites (N-methyl/N-ethyl adjacent to an activating group) is 1. The lowest BCUT2D eigenvalue weighted by Crippen LogP contribution is -2.52. The van der Waals surface area contributed by atoms with E-state index >= 15 is 0 Å². The third-order valence-electron chi connectivity index (χ3n) is 5.11. The summed E-state index contributed by atoms with van der Waals surface area (Å²) in [6.07, 6.45) is 1.39. The summed E-state index contributed by atoms with van der Waals surface area (Å²) in [5.74, 6) is 0.312. The molecule has 1 amide bonds. The van der Waals surface area contributed by atoms with Crippen LogP contribution in [-0.2, 0) is 11.3 Å². The predicted octanol–water partition coefficient (Wildman–Crippen LogP) is 2.36. The van der Waals surface area contributed by atoms with Gasteiger partial charge in [-0.25, -0.2) is 19.1 Å². The molecule has 0 spiro atoms. The van der Waals surface area contributed by atoms with E-state index in [1.807, 2.05) is 0 Å². The molecule has 35 heavy (non-hydrogen) atoms. The molecule has 0 aliphatic carbocycles. The highest BCUT2D eigenvalue weighted by atomic mass is 35.5. The second-order valence-corrected chi connectivity index (χ2v) is 7.89. The average Bonchev–Trinajstić information content (AvgIpc) is 3.36. The van der Waals surface area contributed by atoms with Crippen LogP contribution in [0.2, 0.25) is 5.02 Å². The highest BCUT2D eigenvalue weighted by Crippen LogP contribution is 2.22. The fraction of sp³-hybridized carbons (Fsp3) is 0.174. The molecule has 0 unspecified atom stereocenters. The van der Waals surface area contributed by atoms with E-state index in [0.717, 1.165) is 10.1 Å². The Bertz CT molecular complexity index is 1500. The number of ether oxygens (including phenoxy) is 1. The van der Waals surface area contributed by atoms with Gasteiger partial charge in [0.05, 0.1) is 12.2 Å². The molecular weight excluding hydrogens is 476 g/mol. The highest BCUT2D eigenvalue weighted by molar-refractivity contribution is 6.30. The molecule has 11 nitrogen and oxygen atoms in total. The van der Waals surface area contributed by atoms with Crippen LogP contribution in [0.1, 0.15) is 18.5 Å². The Balaban J connectivity index is 1.79. The average molecular weight is 497 g/mol. The monoisotopic (exact) mass is 496 g/mol. The van der Waals surface area contributed by atoms with Crippen LogP contribution in [0.25, 0.3) is 0 Å². The van der Waals surface area contributed by atoms with E-state index in [-0.39, 0.29) is 12.2 Å². The molecule has 0 fully saturated rings. The van der Waals surface area contributed by atoms with Gasteiger partial charge in [0.25, 0.3) is 5.88 Å². The van der Waals surface area contributed by atoms with Crippen LogP contribution >= 0.6 is 11.6 Å². The number of rotatable bonds is 7. The molecule has 0 aliphatic heterocycles. The van der Waals surface area contributed by atoms with Crippen molar-refractivity contribution in [2.45, 2.75) is 19.5 Å². The summed E-state index contributed by atoms with van der Waals surface area (Å²) in [6, 6.07) is 14.1.